The largest absolute Gasteiger partial charge is 0.459 e. The molecule has 4 aromatic carbocycles. The molecule has 2 N–H and O–H groups in total. The summed E-state index contributed by atoms with van der Waals surface area (Å²) in [7, 11) is 0. The number of allylic oxidation sites excluding steroid dienone is 1. The molecule has 6 unspecified atom stereocenters. The molecule has 12 nitrogen and oxygen atoms in total. The van der Waals surface area contributed by atoms with Gasteiger partial charge in [-0.3, -0.25) is 14.9 Å². The van der Waals surface area contributed by atoms with Crippen LogP contribution in [-0.2, 0) is 14.4 Å². The Morgan fingerprint density at radius 3 is 2.41 bits per heavy atom. The molecule has 7 rings (SSSR count). The van der Waals surface area contributed by atoms with Gasteiger partial charge in [0.1, 0.15) is 29.9 Å². The molecule has 0 radical (unpaired) electrons. The molecule has 3 aliphatic rings. The number of unbranched alkanes of at least 4 members (excludes halogenated alkanes) is 2. The number of nitro groups is 1. The first kappa shape index (κ1) is 45.2. The van der Waals surface area contributed by atoms with Gasteiger partial charge in [0.25, 0.3) is 5.69 Å². The van der Waals surface area contributed by atoms with Crippen molar-refractivity contribution in [2.24, 2.45) is 22.9 Å². The van der Waals surface area contributed by atoms with Gasteiger partial charge in [0.05, 0.1) is 23.2 Å². The van der Waals surface area contributed by atoms with E-state index in [1.165, 1.54) is 18.2 Å². The molecule has 4 aromatic rings. The summed E-state index contributed by atoms with van der Waals surface area (Å²) < 4.78 is 21.0. The summed E-state index contributed by atoms with van der Waals surface area (Å²) in [5.41, 5.74) is 3.25. The fourth-order valence-electron chi connectivity index (χ4n) is 9.85. The number of ether oxygens (including phenoxy) is 3. The number of fused-ring (bicyclic) bond motifs is 3. The first-order chi connectivity index (χ1) is 30.7. The molecule has 6 atom stereocenters. The third-order valence-corrected chi connectivity index (χ3v) is 12.6. The Labute approximate surface area is 369 Å². The van der Waals surface area contributed by atoms with Gasteiger partial charge in [-0.1, -0.05) is 67.4 Å². The Hall–Kier alpha value is -5.82. The number of amides is 1. The normalized spacial score (nSPS) is 23.1. The van der Waals surface area contributed by atoms with E-state index < -0.39 is 22.7 Å². The monoisotopic (exact) mass is 857 g/mol. The maximum absolute atomic E-state index is 14.7. The molecular weight excluding hydrogens is 799 g/mol. The number of aliphatic hydroxyl groups is 2. The van der Waals surface area contributed by atoms with Crippen molar-refractivity contribution in [1.82, 2.24) is 4.90 Å². The van der Waals surface area contributed by atoms with Crippen molar-refractivity contribution in [3.8, 4) is 17.2 Å². The van der Waals surface area contributed by atoms with E-state index in [-0.39, 0.29) is 55.6 Å². The highest BCUT2D eigenvalue weighted by Gasteiger charge is 2.65. The summed E-state index contributed by atoms with van der Waals surface area (Å²) in [5.74, 6) is -0.205. The second-order valence-corrected chi connectivity index (χ2v) is 16.5. The number of aliphatic hydroxyl groups excluding tert-OH is 2. The second kappa shape index (κ2) is 21.0. The van der Waals surface area contributed by atoms with Gasteiger partial charge in [-0.05, 0) is 121 Å². The predicted octanol–water partition coefficient (Wildman–Crippen LogP) is 10.1. The van der Waals surface area contributed by atoms with Crippen molar-refractivity contribution < 1.29 is 39.0 Å². The summed E-state index contributed by atoms with van der Waals surface area (Å²) in [4.78, 5) is 33.2. The molecule has 1 fully saturated rings. The molecule has 1 heterocycles. The zero-order valence-corrected chi connectivity index (χ0v) is 36.3. The lowest BCUT2D eigenvalue weighted by atomic mass is 9.55. The number of non-ortho nitro benzene ring substituents is 1. The number of rotatable bonds is 21. The predicted molar refractivity (Wildman–Crippen MR) is 245 cm³/mol. The van der Waals surface area contributed by atoms with Crippen LogP contribution in [0.1, 0.15) is 82.3 Å². The minimum Gasteiger partial charge on any atom is -0.459 e. The van der Waals surface area contributed by atoms with Crippen LogP contribution < -0.4 is 9.47 Å². The van der Waals surface area contributed by atoms with Crippen molar-refractivity contribution in [3.63, 3.8) is 0 Å². The van der Waals surface area contributed by atoms with Crippen LogP contribution in [0, 0.1) is 27.9 Å². The standard InChI is InChI=1S/C51H59N3O9/c1-4-27-53(48(57)26-19-35-17-21-39(22-18-35)54(58)59)47-34-45(52-61-6-3)43-32-38(15-9-11-28-55)42(16-10-12-29-56)49-44-33-41(62-40-23-20-36-13-7-8-14-37(36)31-40)24-25-46(44)63-51(47,50(43)49)60-30-5-2/h5,7-8,13-14,17-26,31-33,38,42,47,49-50,55-56H,2,4,6,9-12,15-16,27-30,34H2,1,3H3. The van der Waals surface area contributed by atoms with Crippen LogP contribution in [0.3, 0.4) is 0 Å². The Balaban J connectivity index is 1.40. The number of oxime groups is 1. The zero-order valence-electron chi connectivity index (χ0n) is 36.3. The van der Waals surface area contributed by atoms with E-state index in [4.69, 9.17) is 24.2 Å². The molecule has 0 aromatic heterocycles. The lowest BCUT2D eigenvalue weighted by Crippen LogP contribution is -2.70. The molecule has 1 saturated carbocycles. The van der Waals surface area contributed by atoms with E-state index in [2.05, 4.69) is 36.9 Å². The summed E-state index contributed by atoms with van der Waals surface area (Å²) in [6.07, 6.45) is 12.7. The molecule has 0 spiro atoms. The molecule has 63 heavy (non-hydrogen) atoms. The van der Waals surface area contributed by atoms with Gasteiger partial charge in [-0.15, -0.1) is 6.58 Å². The smallest absolute Gasteiger partial charge is 0.269 e. The fraction of sp³-hybridized carbons (Fsp3) is 0.412. The van der Waals surface area contributed by atoms with Crippen molar-refractivity contribution in [3.05, 3.63) is 137 Å². The molecule has 2 aliphatic carbocycles. The number of carbonyl (C=O) groups excluding carboxylic acids is 1. The van der Waals surface area contributed by atoms with Gasteiger partial charge in [0.15, 0.2) is 0 Å². The van der Waals surface area contributed by atoms with Crippen LogP contribution in [0.15, 0.2) is 120 Å². The molecule has 0 bridgehead atoms. The maximum Gasteiger partial charge on any atom is 0.269 e. The Morgan fingerprint density at radius 1 is 0.968 bits per heavy atom. The molecule has 12 heteroatoms. The average molecular weight is 858 g/mol. The highest BCUT2D eigenvalue weighted by molar-refractivity contribution is 6.03. The first-order valence-corrected chi connectivity index (χ1v) is 22.3. The van der Waals surface area contributed by atoms with E-state index in [0.717, 1.165) is 53.3 Å². The summed E-state index contributed by atoms with van der Waals surface area (Å²) >= 11 is 0. The number of hydrogen-bond acceptors (Lipinski definition) is 10. The summed E-state index contributed by atoms with van der Waals surface area (Å²) in [5, 5.41) is 38.2. The van der Waals surface area contributed by atoms with Gasteiger partial charge in [0, 0.05) is 55.9 Å². The average Bonchev–Trinajstić information content (AvgIpc) is 3.30. The van der Waals surface area contributed by atoms with Crippen LogP contribution in [0.2, 0.25) is 0 Å². The Kier molecular flexibility index (Phi) is 15.1. The van der Waals surface area contributed by atoms with Crippen LogP contribution in [0.4, 0.5) is 5.69 Å². The molecule has 332 valence electrons. The molecule has 1 aliphatic heterocycles. The van der Waals surface area contributed by atoms with Gasteiger partial charge in [-0.25, -0.2) is 0 Å². The number of carbonyl (C=O) groups is 1. The van der Waals surface area contributed by atoms with E-state index in [1.807, 2.05) is 55.1 Å². The van der Waals surface area contributed by atoms with Gasteiger partial charge in [0.2, 0.25) is 11.7 Å². The van der Waals surface area contributed by atoms with Gasteiger partial charge < -0.3 is 34.2 Å². The molecule has 1 amide bonds. The minimum absolute atomic E-state index is 0.0333. The number of hydrogen-bond donors (Lipinski definition) is 2. The van der Waals surface area contributed by atoms with Crippen LogP contribution in [-0.4, -0.2) is 76.5 Å². The quantitative estimate of drug-likeness (QED) is 0.0274. The van der Waals surface area contributed by atoms with E-state index in [1.54, 1.807) is 24.3 Å². The van der Waals surface area contributed by atoms with Crippen LogP contribution in [0.25, 0.3) is 16.8 Å². The lowest BCUT2D eigenvalue weighted by Gasteiger charge is -2.60. The van der Waals surface area contributed by atoms with Crippen molar-refractivity contribution in [2.45, 2.75) is 83.0 Å². The number of benzene rings is 4. The van der Waals surface area contributed by atoms with Crippen molar-refractivity contribution in [1.29, 1.82) is 0 Å². The highest BCUT2D eigenvalue weighted by atomic mass is 16.7. The zero-order chi connectivity index (χ0) is 44.3. The molecule has 0 saturated heterocycles. The SMILES string of the molecule is C=CCOC12Oc3ccc(Oc4ccc5ccccc5c4)cc3C3C(CCCCO)C(CCCCO)C=C(C(=NOCC)CC1N(CCC)C(=O)C=Cc1ccc([N+](=O)[O-])cc1)C32. The third kappa shape index (κ3) is 9.88. The topological polar surface area (TPSA) is 153 Å². The fourth-order valence-corrected chi connectivity index (χ4v) is 9.85. The van der Waals surface area contributed by atoms with E-state index in [0.29, 0.717) is 55.2 Å². The highest BCUT2D eigenvalue weighted by Crippen LogP contribution is 2.62. The summed E-state index contributed by atoms with van der Waals surface area (Å²) in [6, 6.07) is 25.6. The lowest BCUT2D eigenvalue weighted by molar-refractivity contribution is -0.384. The maximum atomic E-state index is 14.7. The van der Waals surface area contributed by atoms with Gasteiger partial charge in [-0.2, -0.15) is 0 Å². The third-order valence-electron chi connectivity index (χ3n) is 12.6. The van der Waals surface area contributed by atoms with Crippen molar-refractivity contribution in [2.75, 3.05) is 33.0 Å². The van der Waals surface area contributed by atoms with Gasteiger partial charge >= 0.3 is 0 Å². The van der Waals surface area contributed by atoms with Crippen LogP contribution >= 0.6 is 0 Å². The van der Waals surface area contributed by atoms with Crippen molar-refractivity contribution >= 4 is 34.2 Å². The minimum atomic E-state index is -1.40. The molecular formula is C51H59N3O9. The summed E-state index contributed by atoms with van der Waals surface area (Å²) in [6.45, 7) is 9.00. The number of nitrogens with zero attached hydrogens (tertiary/aromatic N) is 3. The van der Waals surface area contributed by atoms with Crippen LogP contribution in [0.5, 0.6) is 17.2 Å². The Morgan fingerprint density at radius 2 is 1.70 bits per heavy atom. The first-order valence-electron chi connectivity index (χ1n) is 22.3. The Bertz CT molecular complexity index is 2320. The second-order valence-electron chi connectivity index (χ2n) is 16.5. The van der Waals surface area contributed by atoms with E-state index in [9.17, 15) is 25.1 Å². The van der Waals surface area contributed by atoms with E-state index >= 15 is 0 Å². The number of nitro benzene ring substituents is 1.